The van der Waals surface area contributed by atoms with Gasteiger partial charge in [0.15, 0.2) is 4.77 Å². The van der Waals surface area contributed by atoms with Crippen LogP contribution in [-0.4, -0.2) is 33.4 Å². The number of amides is 1. The first-order chi connectivity index (χ1) is 11.6. The first kappa shape index (κ1) is 16.9. The van der Waals surface area contributed by atoms with Gasteiger partial charge >= 0.3 is 0 Å². The molecule has 3 rings (SSSR count). The molecule has 1 amide bonds. The number of aromatic amines is 1. The van der Waals surface area contributed by atoms with Gasteiger partial charge in [0.2, 0.25) is 5.91 Å². The molecule has 128 valence electrons. The fraction of sp³-hybridized carbons (Fsp3) is 0.500. The van der Waals surface area contributed by atoms with Gasteiger partial charge in [-0.3, -0.25) is 14.2 Å². The third-order valence-corrected chi connectivity index (χ3v) is 5.07. The third-order valence-electron chi connectivity index (χ3n) is 4.75. The predicted octanol–water partition coefficient (Wildman–Crippen LogP) is 3.10. The molecule has 0 bridgehead atoms. The Bertz CT molecular complexity index is 853. The van der Waals surface area contributed by atoms with Crippen LogP contribution in [0.25, 0.3) is 10.9 Å². The molecular formula is C18H23N3O2S. The van der Waals surface area contributed by atoms with E-state index in [1.165, 1.54) is 11.0 Å². The van der Waals surface area contributed by atoms with Gasteiger partial charge in [0.05, 0.1) is 10.9 Å². The molecule has 1 unspecified atom stereocenters. The highest BCUT2D eigenvalue weighted by molar-refractivity contribution is 7.71. The van der Waals surface area contributed by atoms with Crippen molar-refractivity contribution in [2.24, 2.45) is 5.92 Å². The molecule has 0 radical (unpaired) electrons. The fourth-order valence-electron chi connectivity index (χ4n) is 3.51. The number of fused-ring (bicyclic) bond motifs is 1. The molecule has 24 heavy (non-hydrogen) atoms. The van der Waals surface area contributed by atoms with Crippen molar-refractivity contribution in [1.29, 1.82) is 0 Å². The molecule has 2 aromatic rings. The van der Waals surface area contributed by atoms with E-state index in [2.05, 4.69) is 11.9 Å². The minimum atomic E-state index is -0.204. The van der Waals surface area contributed by atoms with Crippen LogP contribution in [0.15, 0.2) is 29.1 Å². The first-order valence-electron chi connectivity index (χ1n) is 8.59. The van der Waals surface area contributed by atoms with E-state index in [4.69, 9.17) is 12.2 Å². The van der Waals surface area contributed by atoms with Crippen molar-refractivity contribution in [3.8, 4) is 0 Å². The van der Waals surface area contributed by atoms with E-state index >= 15 is 0 Å². The van der Waals surface area contributed by atoms with Crippen molar-refractivity contribution >= 4 is 29.0 Å². The van der Waals surface area contributed by atoms with Crippen LogP contribution in [0, 0.1) is 10.7 Å². The second-order valence-electron chi connectivity index (χ2n) is 6.50. The largest absolute Gasteiger partial charge is 0.341 e. The van der Waals surface area contributed by atoms with Crippen LogP contribution in [0.1, 0.15) is 32.6 Å². The van der Waals surface area contributed by atoms with Gasteiger partial charge in [-0.05, 0) is 49.5 Å². The van der Waals surface area contributed by atoms with E-state index in [9.17, 15) is 9.59 Å². The average molecular weight is 345 g/mol. The van der Waals surface area contributed by atoms with E-state index in [0.717, 1.165) is 32.4 Å². The summed E-state index contributed by atoms with van der Waals surface area (Å²) in [4.78, 5) is 30.2. The lowest BCUT2D eigenvalue weighted by molar-refractivity contribution is -0.133. The Hall–Kier alpha value is -1.95. The molecule has 1 aromatic carbocycles. The summed E-state index contributed by atoms with van der Waals surface area (Å²) in [5.74, 6) is 0.559. The zero-order valence-corrected chi connectivity index (χ0v) is 14.8. The maximum absolute atomic E-state index is 12.7. The zero-order chi connectivity index (χ0) is 17.1. The molecule has 1 atom stereocenters. The summed E-state index contributed by atoms with van der Waals surface area (Å²) in [6.07, 6.45) is 4.52. The molecular weight excluding hydrogens is 322 g/mol. The van der Waals surface area contributed by atoms with Crippen molar-refractivity contribution in [2.75, 3.05) is 13.1 Å². The van der Waals surface area contributed by atoms with Crippen LogP contribution in [0.2, 0.25) is 0 Å². The van der Waals surface area contributed by atoms with Crippen molar-refractivity contribution in [3.05, 3.63) is 39.4 Å². The summed E-state index contributed by atoms with van der Waals surface area (Å²) >= 11 is 5.29. The van der Waals surface area contributed by atoms with Crippen LogP contribution in [0.4, 0.5) is 0 Å². The lowest BCUT2D eigenvalue weighted by Crippen LogP contribution is -2.43. The minimum Gasteiger partial charge on any atom is -0.341 e. The van der Waals surface area contributed by atoms with Gasteiger partial charge in [0, 0.05) is 13.1 Å². The van der Waals surface area contributed by atoms with Gasteiger partial charge in [-0.1, -0.05) is 25.5 Å². The van der Waals surface area contributed by atoms with E-state index < -0.39 is 0 Å². The summed E-state index contributed by atoms with van der Waals surface area (Å²) in [7, 11) is 0. The Morgan fingerprint density at radius 3 is 2.96 bits per heavy atom. The molecule has 0 spiro atoms. The number of likely N-dealkylation sites (tertiary alicyclic amines) is 1. The molecule has 1 aromatic heterocycles. The van der Waals surface area contributed by atoms with Gasteiger partial charge in [0.1, 0.15) is 6.54 Å². The van der Waals surface area contributed by atoms with Gasteiger partial charge in [0.25, 0.3) is 5.56 Å². The SMILES string of the molecule is CCCC1CCCN(C(=O)Cn2c(=S)[nH]c3ccccc3c2=O)C1. The van der Waals surface area contributed by atoms with E-state index in [-0.39, 0.29) is 18.0 Å². The number of rotatable bonds is 4. The zero-order valence-electron chi connectivity index (χ0n) is 14.0. The van der Waals surface area contributed by atoms with Crippen molar-refractivity contribution in [1.82, 2.24) is 14.5 Å². The molecule has 0 aliphatic carbocycles. The second kappa shape index (κ2) is 7.30. The molecule has 1 N–H and O–H groups in total. The van der Waals surface area contributed by atoms with Crippen LogP contribution in [0.5, 0.6) is 0 Å². The van der Waals surface area contributed by atoms with Gasteiger partial charge < -0.3 is 9.88 Å². The summed E-state index contributed by atoms with van der Waals surface area (Å²) in [5, 5.41) is 0.557. The first-order valence-corrected chi connectivity index (χ1v) is 9.00. The van der Waals surface area contributed by atoms with Crippen molar-refractivity contribution in [3.63, 3.8) is 0 Å². The molecule has 2 heterocycles. The Balaban J connectivity index is 1.83. The summed E-state index contributed by atoms with van der Waals surface area (Å²) in [6.45, 7) is 3.76. The van der Waals surface area contributed by atoms with Gasteiger partial charge in [-0.25, -0.2) is 0 Å². The lowest BCUT2D eigenvalue weighted by atomic mass is 9.94. The average Bonchev–Trinajstić information content (AvgIpc) is 2.59. The van der Waals surface area contributed by atoms with E-state index in [1.807, 2.05) is 23.1 Å². The highest BCUT2D eigenvalue weighted by Gasteiger charge is 2.23. The minimum absolute atomic E-state index is 0.0118. The predicted molar refractivity (Wildman–Crippen MR) is 97.6 cm³/mol. The maximum Gasteiger partial charge on any atom is 0.262 e. The smallest absolute Gasteiger partial charge is 0.262 e. The third kappa shape index (κ3) is 3.43. The number of benzene rings is 1. The highest BCUT2D eigenvalue weighted by atomic mass is 32.1. The number of para-hydroxylation sites is 1. The fourth-order valence-corrected chi connectivity index (χ4v) is 3.77. The standard InChI is InChI=1S/C18H23N3O2S/c1-2-6-13-7-5-10-20(11-13)16(22)12-21-17(23)14-8-3-4-9-15(14)19-18(21)24/h3-4,8-9,13H,2,5-7,10-12H2,1H3,(H,19,24). The quantitative estimate of drug-likeness (QED) is 0.866. The van der Waals surface area contributed by atoms with Crippen LogP contribution >= 0.6 is 12.2 Å². The molecule has 1 fully saturated rings. The van der Waals surface area contributed by atoms with Crippen LogP contribution in [0.3, 0.4) is 0 Å². The number of nitrogens with one attached hydrogen (secondary N) is 1. The molecule has 1 saturated heterocycles. The Morgan fingerprint density at radius 2 is 2.17 bits per heavy atom. The molecule has 5 nitrogen and oxygen atoms in total. The maximum atomic E-state index is 12.7. The normalized spacial score (nSPS) is 18.0. The number of carbonyl (C=O) groups excluding carboxylic acids is 1. The van der Waals surface area contributed by atoms with E-state index in [1.54, 1.807) is 6.07 Å². The molecule has 1 aliphatic rings. The Labute approximate surface area is 146 Å². The second-order valence-corrected chi connectivity index (χ2v) is 6.89. The monoisotopic (exact) mass is 345 g/mol. The molecule has 6 heteroatoms. The number of hydrogen-bond donors (Lipinski definition) is 1. The number of aromatic nitrogens is 2. The van der Waals surface area contributed by atoms with Crippen molar-refractivity contribution < 1.29 is 4.79 Å². The number of piperidine rings is 1. The van der Waals surface area contributed by atoms with Gasteiger partial charge in [-0.2, -0.15) is 0 Å². The Kier molecular flexibility index (Phi) is 5.14. The molecule has 0 saturated carbocycles. The van der Waals surface area contributed by atoms with Gasteiger partial charge in [-0.15, -0.1) is 0 Å². The number of hydrogen-bond acceptors (Lipinski definition) is 3. The van der Waals surface area contributed by atoms with Crippen molar-refractivity contribution in [2.45, 2.75) is 39.2 Å². The topological polar surface area (TPSA) is 58.1 Å². The van der Waals surface area contributed by atoms with Crippen LogP contribution in [-0.2, 0) is 11.3 Å². The number of carbonyl (C=O) groups is 1. The summed E-state index contributed by atoms with van der Waals surface area (Å²) in [5.41, 5.74) is 0.502. The lowest BCUT2D eigenvalue weighted by Gasteiger charge is -2.32. The number of H-pyrrole nitrogens is 1. The number of nitrogens with zero attached hydrogens (tertiary/aromatic N) is 2. The highest BCUT2D eigenvalue weighted by Crippen LogP contribution is 2.21. The summed E-state index contributed by atoms with van der Waals surface area (Å²) in [6, 6.07) is 7.23. The van der Waals surface area contributed by atoms with E-state index in [0.29, 0.717) is 21.6 Å². The summed E-state index contributed by atoms with van der Waals surface area (Å²) < 4.78 is 1.68. The Morgan fingerprint density at radius 1 is 1.38 bits per heavy atom. The van der Waals surface area contributed by atoms with Crippen LogP contribution < -0.4 is 5.56 Å². The molecule has 1 aliphatic heterocycles.